The predicted octanol–water partition coefficient (Wildman–Crippen LogP) is 9.09. The summed E-state index contributed by atoms with van der Waals surface area (Å²) in [7, 11) is 0. The number of hydrogen-bond acceptors (Lipinski definition) is 8. The van der Waals surface area contributed by atoms with Gasteiger partial charge in [-0.25, -0.2) is 0 Å². The molecule has 0 saturated heterocycles. The smallest absolute Gasteiger partial charge is 0.159 e. The van der Waals surface area contributed by atoms with E-state index in [9.17, 15) is 0 Å². The molecule has 0 aromatic carbocycles. The van der Waals surface area contributed by atoms with Crippen LogP contribution in [0.4, 0.5) is 0 Å². The van der Waals surface area contributed by atoms with E-state index >= 15 is 0 Å². The van der Waals surface area contributed by atoms with Crippen molar-refractivity contribution in [3.05, 3.63) is 0 Å². The minimum absolute atomic E-state index is 0.288. The molecular weight excluding hydrogens is 541 g/mol. The van der Waals surface area contributed by atoms with Crippen LogP contribution in [-0.4, -0.2) is 46.6 Å². The van der Waals surface area contributed by atoms with E-state index in [0.717, 1.165) is 51.4 Å². The van der Waals surface area contributed by atoms with Gasteiger partial charge in [0.05, 0.1) is 0 Å². The van der Waals surface area contributed by atoms with Crippen LogP contribution >= 0.6 is 48.9 Å². The Morgan fingerprint density at radius 3 is 0.784 bits per heavy atom. The number of ether oxygens (including phenoxy) is 4. The summed E-state index contributed by atoms with van der Waals surface area (Å²) in [6.45, 7) is 18.6. The first-order valence-electron chi connectivity index (χ1n) is 13.9. The lowest BCUT2D eigenvalue weighted by molar-refractivity contribution is -0.0164. The molecule has 0 radical (unpaired) electrons. The summed E-state index contributed by atoms with van der Waals surface area (Å²) in [6.07, 6.45) is 6.85. The van der Waals surface area contributed by atoms with Gasteiger partial charge in [-0.3, -0.25) is 0 Å². The van der Waals surface area contributed by atoms with Crippen LogP contribution in [-0.2, 0) is 18.9 Å². The van der Waals surface area contributed by atoms with Gasteiger partial charge in [-0.2, -0.15) is 0 Å². The monoisotopic (exact) mass is 592 g/mol. The highest BCUT2D eigenvalue weighted by Crippen LogP contribution is 2.24. The fourth-order valence-corrected chi connectivity index (χ4v) is 3.81. The molecule has 0 aliphatic carbocycles. The van der Waals surface area contributed by atoms with Crippen molar-refractivity contribution < 1.29 is 18.9 Å². The van der Waals surface area contributed by atoms with Crippen LogP contribution in [0.15, 0.2) is 0 Å². The second-order valence-electron chi connectivity index (χ2n) is 11.9. The van der Waals surface area contributed by atoms with Crippen molar-refractivity contribution >= 4 is 69.1 Å². The normalized spacial score (nSPS) is 11.8. The van der Waals surface area contributed by atoms with Gasteiger partial charge >= 0.3 is 0 Å². The lowest BCUT2D eigenvalue weighted by atomic mass is 9.92. The van der Waals surface area contributed by atoms with Crippen LogP contribution in [0, 0.1) is 29.1 Å². The molecule has 0 fully saturated rings. The van der Waals surface area contributed by atoms with Crippen LogP contribution in [0.5, 0.6) is 0 Å². The van der Waals surface area contributed by atoms with E-state index < -0.39 is 5.41 Å². The Balaban J connectivity index is 5.59. The maximum Gasteiger partial charge on any atom is 0.159 e. The largest absolute Gasteiger partial charge is 0.486 e. The number of hydrogen-bond donors (Lipinski definition) is 0. The fraction of sp³-hybridized carbons (Fsp3) is 0.862. The van der Waals surface area contributed by atoms with Crippen molar-refractivity contribution in [1.29, 1.82) is 0 Å². The molecular formula is C29H52O4S4. The SMILES string of the molecule is CC(C)CCC(=S)OCC(COC(=S)CCC(C)C)(COC(=S)CCC(C)C)COC(=S)CCC(C)C. The number of thiocarbonyl (C=S) groups is 4. The Labute approximate surface area is 249 Å². The first-order valence-corrected chi connectivity index (χ1v) is 15.5. The lowest BCUT2D eigenvalue weighted by Crippen LogP contribution is -2.43. The maximum absolute atomic E-state index is 6.11. The van der Waals surface area contributed by atoms with Gasteiger partial charge < -0.3 is 18.9 Å². The molecule has 0 aliphatic rings. The fourth-order valence-electron chi connectivity index (χ4n) is 3.10. The summed E-state index contributed by atoms with van der Waals surface area (Å²) in [6, 6.07) is 0. The summed E-state index contributed by atoms with van der Waals surface area (Å²) in [5.41, 5.74) is -0.659. The summed E-state index contributed by atoms with van der Waals surface area (Å²) >= 11 is 22.1. The molecule has 0 bridgehead atoms. The molecule has 216 valence electrons. The first-order chi connectivity index (χ1) is 17.2. The Hall–Kier alpha value is -0.440. The molecule has 0 spiro atoms. The summed E-state index contributed by atoms with van der Waals surface area (Å²) in [5, 5.41) is 2.35. The van der Waals surface area contributed by atoms with E-state index in [1.54, 1.807) is 0 Å². The van der Waals surface area contributed by atoms with Gasteiger partial charge in [-0.1, -0.05) is 55.4 Å². The third kappa shape index (κ3) is 21.1. The second-order valence-corrected chi connectivity index (χ2v) is 13.7. The Morgan fingerprint density at radius 1 is 0.432 bits per heavy atom. The van der Waals surface area contributed by atoms with E-state index in [1.807, 2.05) is 0 Å². The second kappa shape index (κ2) is 20.5. The van der Waals surface area contributed by atoms with Gasteiger partial charge in [-0.05, 0) is 98.2 Å². The molecule has 0 rings (SSSR count). The molecule has 0 aromatic heterocycles. The van der Waals surface area contributed by atoms with Crippen molar-refractivity contribution in [3.8, 4) is 0 Å². The minimum atomic E-state index is -0.659. The summed E-state index contributed by atoms with van der Waals surface area (Å²) < 4.78 is 24.4. The summed E-state index contributed by atoms with van der Waals surface area (Å²) in [4.78, 5) is 0. The van der Waals surface area contributed by atoms with E-state index in [1.165, 1.54) is 0 Å². The van der Waals surface area contributed by atoms with Crippen molar-refractivity contribution in [3.63, 3.8) is 0 Å². The zero-order chi connectivity index (χ0) is 28.4. The topological polar surface area (TPSA) is 36.9 Å². The molecule has 4 nitrogen and oxygen atoms in total. The molecule has 0 heterocycles. The molecule has 0 amide bonds. The Kier molecular flexibility index (Phi) is 20.2. The van der Waals surface area contributed by atoms with Gasteiger partial charge in [0.15, 0.2) is 20.2 Å². The van der Waals surface area contributed by atoms with Crippen LogP contribution in [0.1, 0.15) is 107 Å². The first kappa shape index (κ1) is 36.6. The Bertz CT molecular complexity index is 572. The van der Waals surface area contributed by atoms with Gasteiger partial charge in [0.1, 0.15) is 31.8 Å². The highest BCUT2D eigenvalue weighted by molar-refractivity contribution is 7.80. The highest BCUT2D eigenvalue weighted by Gasteiger charge is 2.36. The number of rotatable bonds is 20. The predicted molar refractivity (Wildman–Crippen MR) is 173 cm³/mol. The van der Waals surface area contributed by atoms with Crippen molar-refractivity contribution in [2.75, 3.05) is 26.4 Å². The van der Waals surface area contributed by atoms with Crippen molar-refractivity contribution in [1.82, 2.24) is 0 Å². The molecule has 0 aromatic rings. The van der Waals surface area contributed by atoms with E-state index in [4.69, 9.17) is 67.8 Å². The Morgan fingerprint density at radius 2 is 0.622 bits per heavy atom. The minimum Gasteiger partial charge on any atom is -0.486 e. The van der Waals surface area contributed by atoms with Gasteiger partial charge in [0.2, 0.25) is 0 Å². The van der Waals surface area contributed by atoms with Crippen molar-refractivity contribution in [2.45, 2.75) is 107 Å². The quantitative estimate of drug-likeness (QED) is 0.130. The molecule has 0 saturated carbocycles. The third-order valence-electron chi connectivity index (χ3n) is 5.86. The van der Waals surface area contributed by atoms with Crippen LogP contribution in [0.3, 0.4) is 0 Å². The third-order valence-corrected chi connectivity index (χ3v) is 7.15. The van der Waals surface area contributed by atoms with Gasteiger partial charge in [0.25, 0.3) is 0 Å². The highest BCUT2D eigenvalue weighted by atomic mass is 32.1. The molecule has 0 N–H and O–H groups in total. The molecule has 0 unspecified atom stereocenters. The molecule has 37 heavy (non-hydrogen) atoms. The van der Waals surface area contributed by atoms with E-state index in [2.05, 4.69) is 55.4 Å². The summed E-state index contributed by atoms with van der Waals surface area (Å²) in [5.74, 6) is 2.21. The van der Waals surface area contributed by atoms with Crippen LogP contribution in [0.25, 0.3) is 0 Å². The average molecular weight is 593 g/mol. The standard InChI is InChI=1S/C29H52O4S4/c1-21(2)9-13-25(34)30-17-29(18-31-26(35)14-10-22(3)4,19-32-27(36)15-11-23(5)6)20-33-28(37)16-12-24(7)8/h21-24H,9-20H2,1-8H3. The molecule has 8 heteroatoms. The molecule has 0 atom stereocenters. The lowest BCUT2D eigenvalue weighted by Gasteiger charge is -2.33. The van der Waals surface area contributed by atoms with Crippen molar-refractivity contribution in [2.24, 2.45) is 29.1 Å². The maximum atomic E-state index is 6.11. The van der Waals surface area contributed by atoms with E-state index in [0.29, 0.717) is 43.9 Å². The molecule has 0 aliphatic heterocycles. The zero-order valence-electron chi connectivity index (χ0n) is 24.6. The average Bonchev–Trinajstić information content (AvgIpc) is 2.82. The zero-order valence-corrected chi connectivity index (χ0v) is 27.8. The van der Waals surface area contributed by atoms with E-state index in [-0.39, 0.29) is 26.4 Å². The van der Waals surface area contributed by atoms with Gasteiger partial charge in [-0.15, -0.1) is 0 Å². The van der Waals surface area contributed by atoms with Gasteiger partial charge in [0, 0.05) is 25.7 Å². The van der Waals surface area contributed by atoms with Crippen LogP contribution < -0.4 is 0 Å². The van der Waals surface area contributed by atoms with Crippen LogP contribution in [0.2, 0.25) is 0 Å².